The van der Waals surface area contributed by atoms with Crippen molar-refractivity contribution >= 4 is 18.0 Å². The van der Waals surface area contributed by atoms with Gasteiger partial charge in [-0.15, -0.1) is 0 Å². The van der Waals surface area contributed by atoms with Crippen LogP contribution in [0.3, 0.4) is 0 Å². The summed E-state index contributed by atoms with van der Waals surface area (Å²) in [6.07, 6.45) is 3.11. The number of amides is 2. The third-order valence-corrected chi connectivity index (χ3v) is 7.56. The van der Waals surface area contributed by atoms with Crippen LogP contribution in [-0.2, 0) is 14.3 Å². The summed E-state index contributed by atoms with van der Waals surface area (Å²) in [7, 11) is 0. The fourth-order valence-electron chi connectivity index (χ4n) is 5.75. The highest BCUT2D eigenvalue weighted by Gasteiger charge is 2.48. The summed E-state index contributed by atoms with van der Waals surface area (Å²) in [6.45, 7) is 1.32. The highest BCUT2D eigenvalue weighted by Crippen LogP contribution is 2.44. The molecule has 1 saturated heterocycles. The van der Waals surface area contributed by atoms with Gasteiger partial charge >= 0.3 is 12.1 Å². The monoisotopic (exact) mass is 462 g/mol. The third kappa shape index (κ3) is 4.15. The van der Waals surface area contributed by atoms with Gasteiger partial charge in [0.25, 0.3) is 0 Å². The lowest BCUT2D eigenvalue weighted by Gasteiger charge is -2.44. The molecule has 0 atom stereocenters. The first-order valence-corrected chi connectivity index (χ1v) is 12.1. The number of hydrogen-bond acceptors (Lipinski definition) is 4. The fourth-order valence-corrected chi connectivity index (χ4v) is 5.75. The molecule has 2 aliphatic carbocycles. The van der Waals surface area contributed by atoms with Crippen molar-refractivity contribution in [3.8, 4) is 11.1 Å². The van der Waals surface area contributed by atoms with Crippen molar-refractivity contribution in [2.45, 2.75) is 50.0 Å². The van der Waals surface area contributed by atoms with E-state index in [0.717, 1.165) is 24.0 Å². The van der Waals surface area contributed by atoms with Gasteiger partial charge in [0.1, 0.15) is 12.1 Å². The van der Waals surface area contributed by atoms with Gasteiger partial charge in [-0.2, -0.15) is 0 Å². The molecular formula is C27H30N2O5. The summed E-state index contributed by atoms with van der Waals surface area (Å²) in [5.41, 5.74) is 3.72. The standard InChI is InChI=1S/C27H30N2O5/c30-24(31)12-11-18-15-29(16-18)25(32)27(13-5-6-14-27)28-26(33)34-17-23-21-9-3-1-7-19(21)20-8-2-4-10-22(20)23/h1-4,7-10,18,23H,5-6,11-17H2,(H,28,33)(H,30,31). The van der Waals surface area contributed by atoms with Crippen LogP contribution in [0.25, 0.3) is 11.1 Å². The number of nitrogens with one attached hydrogen (secondary N) is 1. The predicted octanol–water partition coefficient (Wildman–Crippen LogP) is 4.16. The number of benzene rings is 2. The van der Waals surface area contributed by atoms with Crippen molar-refractivity contribution in [3.63, 3.8) is 0 Å². The number of hydrogen-bond donors (Lipinski definition) is 2. The number of alkyl carbamates (subject to hydrolysis) is 1. The zero-order chi connectivity index (χ0) is 23.7. The number of carbonyl (C=O) groups is 3. The summed E-state index contributed by atoms with van der Waals surface area (Å²) in [6, 6.07) is 16.4. The minimum Gasteiger partial charge on any atom is -0.481 e. The average molecular weight is 463 g/mol. The summed E-state index contributed by atoms with van der Waals surface area (Å²) < 4.78 is 5.71. The first-order chi connectivity index (χ1) is 16.5. The van der Waals surface area contributed by atoms with Gasteiger partial charge < -0.3 is 20.1 Å². The molecule has 0 unspecified atom stereocenters. The van der Waals surface area contributed by atoms with Gasteiger partial charge in [-0.3, -0.25) is 9.59 Å². The Hall–Kier alpha value is -3.35. The van der Waals surface area contributed by atoms with E-state index in [1.807, 2.05) is 24.3 Å². The van der Waals surface area contributed by atoms with Gasteiger partial charge in [0.2, 0.25) is 5.91 Å². The van der Waals surface area contributed by atoms with Crippen LogP contribution in [-0.4, -0.2) is 53.2 Å². The second kappa shape index (κ2) is 9.12. The molecule has 178 valence electrons. The Morgan fingerprint density at radius 2 is 1.56 bits per heavy atom. The van der Waals surface area contributed by atoms with E-state index < -0.39 is 17.6 Å². The molecule has 5 rings (SSSR count). The molecule has 0 radical (unpaired) electrons. The number of nitrogens with zero attached hydrogens (tertiary/aromatic N) is 1. The van der Waals surface area contributed by atoms with Crippen molar-refractivity contribution in [1.82, 2.24) is 10.2 Å². The molecule has 7 nitrogen and oxygen atoms in total. The smallest absolute Gasteiger partial charge is 0.408 e. The highest BCUT2D eigenvalue weighted by molar-refractivity contribution is 5.91. The number of aliphatic carboxylic acids is 1. The Morgan fingerprint density at radius 3 is 2.15 bits per heavy atom. The molecule has 2 N–H and O–H groups in total. The van der Waals surface area contributed by atoms with E-state index in [1.165, 1.54) is 11.1 Å². The van der Waals surface area contributed by atoms with Crippen molar-refractivity contribution < 1.29 is 24.2 Å². The first kappa shape index (κ1) is 22.4. The Kier molecular flexibility index (Phi) is 6.02. The first-order valence-electron chi connectivity index (χ1n) is 12.1. The molecule has 1 saturated carbocycles. The zero-order valence-corrected chi connectivity index (χ0v) is 19.2. The van der Waals surface area contributed by atoms with Crippen molar-refractivity contribution in [1.29, 1.82) is 0 Å². The van der Waals surface area contributed by atoms with Gasteiger partial charge in [-0.25, -0.2) is 4.79 Å². The normalized spacial score (nSPS) is 18.6. The van der Waals surface area contributed by atoms with E-state index in [9.17, 15) is 14.4 Å². The number of carboxylic acid groups (broad SMARTS) is 1. The molecule has 2 aromatic rings. The molecule has 1 aliphatic heterocycles. The minimum atomic E-state index is -0.916. The topological polar surface area (TPSA) is 95.9 Å². The lowest BCUT2D eigenvalue weighted by atomic mass is 9.89. The third-order valence-electron chi connectivity index (χ3n) is 7.56. The van der Waals surface area contributed by atoms with Crippen molar-refractivity contribution in [2.75, 3.05) is 19.7 Å². The predicted molar refractivity (Wildman–Crippen MR) is 126 cm³/mol. The molecule has 34 heavy (non-hydrogen) atoms. The van der Waals surface area contributed by atoms with Crippen LogP contribution in [0.5, 0.6) is 0 Å². The quantitative estimate of drug-likeness (QED) is 0.644. The second-order valence-corrected chi connectivity index (χ2v) is 9.75. The molecule has 2 amide bonds. The maximum Gasteiger partial charge on any atom is 0.408 e. The molecule has 0 aromatic heterocycles. The SMILES string of the molecule is O=C(O)CCC1CN(C(=O)C2(NC(=O)OCC3c4ccccc4-c4ccccc43)CCCC2)C1. The van der Waals surface area contributed by atoms with Crippen LogP contribution >= 0.6 is 0 Å². The van der Waals surface area contributed by atoms with Crippen LogP contribution in [0.1, 0.15) is 55.6 Å². The molecule has 3 aliphatic rings. The molecule has 0 bridgehead atoms. The number of likely N-dealkylation sites (tertiary alicyclic amines) is 1. The number of fused-ring (bicyclic) bond motifs is 3. The molecule has 1 heterocycles. The lowest BCUT2D eigenvalue weighted by Crippen LogP contribution is -2.63. The summed E-state index contributed by atoms with van der Waals surface area (Å²) >= 11 is 0. The van der Waals surface area contributed by atoms with Crippen LogP contribution in [0, 0.1) is 5.92 Å². The maximum atomic E-state index is 13.3. The lowest BCUT2D eigenvalue weighted by molar-refractivity contribution is -0.145. The summed E-state index contributed by atoms with van der Waals surface area (Å²) in [4.78, 5) is 38.7. The fraction of sp³-hybridized carbons (Fsp3) is 0.444. The number of carboxylic acids is 1. The Labute approximate surface area is 199 Å². The molecule has 2 aromatic carbocycles. The molecule has 0 spiro atoms. The van der Waals surface area contributed by atoms with E-state index in [4.69, 9.17) is 9.84 Å². The van der Waals surface area contributed by atoms with Gasteiger partial charge in [0, 0.05) is 25.4 Å². The number of rotatable bonds is 7. The van der Waals surface area contributed by atoms with Crippen LogP contribution in [0.15, 0.2) is 48.5 Å². The Morgan fingerprint density at radius 1 is 0.971 bits per heavy atom. The van der Waals surface area contributed by atoms with E-state index in [0.29, 0.717) is 32.4 Å². The molecular weight excluding hydrogens is 432 g/mol. The van der Waals surface area contributed by atoms with Crippen molar-refractivity contribution in [2.24, 2.45) is 5.92 Å². The highest BCUT2D eigenvalue weighted by atomic mass is 16.5. The van der Waals surface area contributed by atoms with Gasteiger partial charge in [0.15, 0.2) is 0 Å². The molecule has 7 heteroatoms. The Balaban J connectivity index is 1.21. The van der Waals surface area contributed by atoms with E-state index in [-0.39, 0.29) is 30.8 Å². The second-order valence-electron chi connectivity index (χ2n) is 9.75. The molecule has 2 fully saturated rings. The number of ether oxygens (including phenoxy) is 1. The Bertz CT molecular complexity index is 1060. The van der Waals surface area contributed by atoms with E-state index in [2.05, 4.69) is 29.6 Å². The largest absolute Gasteiger partial charge is 0.481 e. The number of carbonyl (C=O) groups excluding carboxylic acids is 2. The van der Waals surface area contributed by atoms with Gasteiger partial charge in [0.05, 0.1) is 0 Å². The van der Waals surface area contributed by atoms with Crippen LogP contribution in [0.4, 0.5) is 4.79 Å². The zero-order valence-electron chi connectivity index (χ0n) is 19.2. The van der Waals surface area contributed by atoms with Gasteiger partial charge in [-0.1, -0.05) is 61.4 Å². The van der Waals surface area contributed by atoms with Crippen LogP contribution < -0.4 is 5.32 Å². The van der Waals surface area contributed by atoms with E-state index >= 15 is 0 Å². The minimum absolute atomic E-state index is 0.0289. The average Bonchev–Trinajstić information content (AvgIpc) is 3.40. The van der Waals surface area contributed by atoms with Gasteiger partial charge in [-0.05, 0) is 47.4 Å². The maximum absolute atomic E-state index is 13.3. The van der Waals surface area contributed by atoms with Crippen molar-refractivity contribution in [3.05, 3.63) is 59.7 Å². The summed E-state index contributed by atoms with van der Waals surface area (Å²) in [5, 5.41) is 11.8. The van der Waals surface area contributed by atoms with Crippen LogP contribution in [0.2, 0.25) is 0 Å². The van der Waals surface area contributed by atoms with E-state index in [1.54, 1.807) is 4.90 Å². The summed E-state index contributed by atoms with van der Waals surface area (Å²) in [5.74, 6) is -0.689.